The van der Waals surface area contributed by atoms with Crippen LogP contribution in [0.1, 0.15) is 71.4 Å². The third kappa shape index (κ3) is 9.81. The summed E-state index contributed by atoms with van der Waals surface area (Å²) in [6.07, 6.45) is -1.40. The Morgan fingerprint density at radius 2 is 1.29 bits per heavy atom. The van der Waals surface area contributed by atoms with Crippen LogP contribution in [0, 0.1) is 0 Å². The van der Waals surface area contributed by atoms with Crippen molar-refractivity contribution >= 4 is 24.1 Å². The minimum atomic E-state index is -1.09. The number of alkyl carbamates (subject to hydrolysis) is 2. The van der Waals surface area contributed by atoms with E-state index in [1.165, 1.54) is 0 Å². The van der Waals surface area contributed by atoms with E-state index in [1.54, 1.807) is 41.5 Å². The zero-order valence-corrected chi connectivity index (χ0v) is 24.7. The maximum atomic E-state index is 12.9. The number of hydrogen-bond donors (Lipinski definition) is 3. The van der Waals surface area contributed by atoms with Crippen LogP contribution in [-0.4, -0.2) is 61.0 Å². The highest BCUT2D eigenvalue weighted by atomic mass is 16.6. The molecule has 10 nitrogen and oxygen atoms in total. The number of hydrogen-bond acceptors (Lipinski definition) is 7. The van der Waals surface area contributed by atoms with Gasteiger partial charge in [-0.1, -0.05) is 48.5 Å². The highest BCUT2D eigenvalue weighted by molar-refractivity contribution is 5.83. The van der Waals surface area contributed by atoms with Crippen molar-refractivity contribution in [1.82, 2.24) is 16.0 Å². The molecule has 0 radical (unpaired) electrons. The Labute approximate surface area is 241 Å². The van der Waals surface area contributed by atoms with Crippen LogP contribution in [0.5, 0.6) is 0 Å². The lowest BCUT2D eigenvalue weighted by atomic mass is 9.98. The van der Waals surface area contributed by atoms with Crippen molar-refractivity contribution in [3.05, 3.63) is 59.7 Å². The molecule has 0 bridgehead atoms. The summed E-state index contributed by atoms with van der Waals surface area (Å²) in [4.78, 5) is 49.8. The largest absolute Gasteiger partial charge is 0.458 e. The van der Waals surface area contributed by atoms with Gasteiger partial charge in [0.1, 0.15) is 23.9 Å². The van der Waals surface area contributed by atoms with Gasteiger partial charge in [0.25, 0.3) is 0 Å². The van der Waals surface area contributed by atoms with Crippen LogP contribution in [0.15, 0.2) is 48.5 Å². The third-order valence-electron chi connectivity index (χ3n) is 6.10. The van der Waals surface area contributed by atoms with E-state index in [9.17, 15) is 19.2 Å². The summed E-state index contributed by atoms with van der Waals surface area (Å²) in [5, 5.41) is 7.81. The third-order valence-corrected chi connectivity index (χ3v) is 6.10. The van der Waals surface area contributed by atoms with Gasteiger partial charge in [-0.15, -0.1) is 0 Å². The summed E-state index contributed by atoms with van der Waals surface area (Å²) in [7, 11) is 0. The number of rotatable bonds is 10. The topological polar surface area (TPSA) is 132 Å². The Balaban J connectivity index is 1.53. The second-order valence-corrected chi connectivity index (χ2v) is 11.9. The summed E-state index contributed by atoms with van der Waals surface area (Å²) < 4.78 is 16.2. The van der Waals surface area contributed by atoms with Gasteiger partial charge in [-0.05, 0) is 70.2 Å². The van der Waals surface area contributed by atoms with Gasteiger partial charge < -0.3 is 30.2 Å². The van der Waals surface area contributed by atoms with Crippen LogP contribution >= 0.6 is 0 Å². The molecule has 0 fully saturated rings. The van der Waals surface area contributed by atoms with Crippen molar-refractivity contribution in [2.24, 2.45) is 0 Å². The molecule has 222 valence electrons. The van der Waals surface area contributed by atoms with Crippen LogP contribution < -0.4 is 16.0 Å². The fourth-order valence-electron chi connectivity index (χ4n) is 4.45. The Morgan fingerprint density at radius 3 is 1.85 bits per heavy atom. The number of carbonyl (C=O) groups is 4. The number of fused-ring (bicyclic) bond motifs is 3. The lowest BCUT2D eigenvalue weighted by molar-refractivity contribution is -0.157. The van der Waals surface area contributed by atoms with Gasteiger partial charge in [0.2, 0.25) is 5.91 Å². The first-order chi connectivity index (χ1) is 19.2. The van der Waals surface area contributed by atoms with Gasteiger partial charge in [-0.2, -0.15) is 0 Å². The van der Waals surface area contributed by atoms with E-state index in [1.807, 2.05) is 48.5 Å². The van der Waals surface area contributed by atoms with Crippen molar-refractivity contribution in [3.63, 3.8) is 0 Å². The maximum absolute atomic E-state index is 12.9. The SMILES string of the molecule is CC(C)(C)OC(=O)NCCNC(=O)CCC(NC(=O)OCC1c2ccccc2-c2ccccc21)C(=O)OC(C)(C)C. The fourth-order valence-corrected chi connectivity index (χ4v) is 4.45. The molecule has 0 saturated carbocycles. The van der Waals surface area contributed by atoms with Gasteiger partial charge >= 0.3 is 18.2 Å². The van der Waals surface area contributed by atoms with E-state index in [0.29, 0.717) is 0 Å². The summed E-state index contributed by atoms with van der Waals surface area (Å²) in [6.45, 7) is 10.9. The summed E-state index contributed by atoms with van der Waals surface area (Å²) in [5.74, 6) is -1.14. The number of esters is 1. The van der Waals surface area contributed by atoms with Gasteiger partial charge in [-0.3, -0.25) is 4.79 Å². The van der Waals surface area contributed by atoms with Crippen molar-refractivity contribution in [1.29, 1.82) is 0 Å². The van der Waals surface area contributed by atoms with E-state index in [0.717, 1.165) is 22.3 Å². The molecule has 0 heterocycles. The Bertz CT molecular complexity index is 1200. The molecule has 1 aliphatic rings. The zero-order valence-electron chi connectivity index (χ0n) is 24.7. The number of ether oxygens (including phenoxy) is 3. The standard InChI is InChI=1S/C31H41N3O7/c1-30(2,3)40-27(36)25(15-16-26(35)32-17-18-33-28(37)41-31(4,5)6)34-29(38)39-19-24-22-13-9-7-11-20(22)21-12-8-10-14-23(21)24/h7-14,24-25H,15-19H2,1-6H3,(H,32,35)(H,33,37)(H,34,38). The molecule has 2 aromatic rings. The van der Waals surface area contributed by atoms with Crippen molar-refractivity contribution in [2.45, 2.75) is 77.5 Å². The molecule has 1 atom stereocenters. The molecule has 1 unspecified atom stereocenters. The van der Waals surface area contributed by atoms with Crippen molar-refractivity contribution in [3.8, 4) is 11.1 Å². The van der Waals surface area contributed by atoms with Gasteiger partial charge in [0.15, 0.2) is 0 Å². The quantitative estimate of drug-likeness (QED) is 0.216. The Morgan fingerprint density at radius 1 is 0.756 bits per heavy atom. The van der Waals surface area contributed by atoms with E-state index in [4.69, 9.17) is 14.2 Å². The monoisotopic (exact) mass is 567 g/mol. The van der Waals surface area contributed by atoms with Crippen LogP contribution in [0.3, 0.4) is 0 Å². The normalized spacial score (nSPS) is 13.3. The number of nitrogens with one attached hydrogen (secondary N) is 3. The van der Waals surface area contributed by atoms with E-state index < -0.39 is 35.4 Å². The van der Waals surface area contributed by atoms with Gasteiger partial charge in [-0.25, -0.2) is 14.4 Å². The van der Waals surface area contributed by atoms with Crippen LogP contribution in [0.4, 0.5) is 9.59 Å². The van der Waals surface area contributed by atoms with Crippen LogP contribution in [0.2, 0.25) is 0 Å². The second kappa shape index (κ2) is 13.5. The average Bonchev–Trinajstić information content (AvgIpc) is 3.19. The molecule has 3 amide bonds. The lowest BCUT2D eigenvalue weighted by Crippen LogP contribution is -2.45. The van der Waals surface area contributed by atoms with E-state index in [2.05, 4.69) is 16.0 Å². The first-order valence-electron chi connectivity index (χ1n) is 13.8. The van der Waals surface area contributed by atoms with Crippen molar-refractivity contribution in [2.75, 3.05) is 19.7 Å². The van der Waals surface area contributed by atoms with Crippen molar-refractivity contribution < 1.29 is 33.4 Å². The first-order valence-corrected chi connectivity index (χ1v) is 13.8. The minimum Gasteiger partial charge on any atom is -0.458 e. The molecule has 0 aliphatic heterocycles. The average molecular weight is 568 g/mol. The molecule has 10 heteroatoms. The number of benzene rings is 2. The molecule has 41 heavy (non-hydrogen) atoms. The molecule has 0 saturated heterocycles. The van der Waals surface area contributed by atoms with E-state index >= 15 is 0 Å². The van der Waals surface area contributed by atoms with Crippen LogP contribution in [-0.2, 0) is 23.8 Å². The summed E-state index contributed by atoms with van der Waals surface area (Å²) in [6, 6.07) is 14.9. The second-order valence-electron chi connectivity index (χ2n) is 11.9. The van der Waals surface area contributed by atoms with Gasteiger partial charge in [0.05, 0.1) is 0 Å². The highest BCUT2D eigenvalue weighted by Gasteiger charge is 2.31. The molecule has 2 aromatic carbocycles. The Kier molecular flexibility index (Phi) is 10.4. The number of carbonyl (C=O) groups excluding carboxylic acids is 4. The molecular weight excluding hydrogens is 526 g/mol. The molecule has 0 spiro atoms. The Hall–Kier alpha value is -4.08. The van der Waals surface area contributed by atoms with Crippen LogP contribution in [0.25, 0.3) is 11.1 Å². The predicted octanol–water partition coefficient (Wildman–Crippen LogP) is 4.66. The summed E-state index contributed by atoms with van der Waals surface area (Å²) >= 11 is 0. The zero-order chi connectivity index (χ0) is 30.2. The fraction of sp³-hybridized carbons (Fsp3) is 0.484. The maximum Gasteiger partial charge on any atom is 0.407 e. The number of amides is 3. The minimum absolute atomic E-state index is 0.00440. The summed E-state index contributed by atoms with van der Waals surface area (Å²) in [5.41, 5.74) is 2.95. The molecule has 1 aliphatic carbocycles. The predicted molar refractivity (Wildman–Crippen MR) is 154 cm³/mol. The first kappa shape index (κ1) is 31.4. The lowest BCUT2D eigenvalue weighted by Gasteiger charge is -2.24. The molecule has 3 rings (SSSR count). The molecule has 0 aromatic heterocycles. The van der Waals surface area contributed by atoms with Gasteiger partial charge in [0, 0.05) is 25.4 Å². The molecular formula is C31H41N3O7. The smallest absolute Gasteiger partial charge is 0.407 e. The highest BCUT2D eigenvalue weighted by Crippen LogP contribution is 2.44. The van der Waals surface area contributed by atoms with E-state index in [-0.39, 0.29) is 44.4 Å². The molecule has 3 N–H and O–H groups in total.